The Morgan fingerprint density at radius 1 is 0.548 bits per heavy atom. The topological polar surface area (TPSA) is 0 Å². The Balaban J connectivity index is 2.19. The smallest absolute Gasteiger partial charge is 0.166 e. The van der Waals surface area contributed by atoms with E-state index in [-0.39, 0.29) is 10.8 Å². The van der Waals surface area contributed by atoms with Gasteiger partial charge in [0, 0.05) is 0 Å². The summed E-state index contributed by atoms with van der Waals surface area (Å²) in [5, 5.41) is 0. The highest BCUT2D eigenvalue weighted by Crippen LogP contribution is 2.41. The Morgan fingerprint density at radius 3 is 1.29 bits per heavy atom. The fourth-order valence-corrected chi connectivity index (χ4v) is 5.67. The van der Waals surface area contributed by atoms with Crippen LogP contribution in [-0.2, 0) is 27.9 Å². The molecule has 0 nitrogen and oxygen atoms in total. The van der Waals surface area contributed by atoms with Crippen molar-refractivity contribution in [2.75, 3.05) is 0 Å². The van der Waals surface area contributed by atoms with Crippen LogP contribution in [0, 0.1) is 0 Å². The van der Waals surface area contributed by atoms with E-state index in [2.05, 4.69) is 41.5 Å². The molecule has 3 rings (SSSR count). The van der Waals surface area contributed by atoms with Crippen LogP contribution in [0.15, 0.2) is 87.5 Å². The Morgan fingerprint density at radius 2 is 0.935 bits per heavy atom. The lowest BCUT2D eigenvalue weighted by Crippen LogP contribution is -2.16. The number of benzene rings is 3. The van der Waals surface area contributed by atoms with Crippen LogP contribution in [-0.4, -0.2) is 0 Å². The maximum Gasteiger partial charge on any atom is 0.421 e. The van der Waals surface area contributed by atoms with Crippen molar-refractivity contribution in [1.29, 1.82) is 0 Å². The van der Waals surface area contributed by atoms with Crippen molar-refractivity contribution in [2.45, 2.75) is 73.2 Å². The standard InChI is InChI=1S/C27H30F3S/c1-25(2,3)19-11-15-21(16-12-19)31(22-17-13-20(14-18-22)26(4,5)6)24-10-8-7-9-23(24)27(28,29)30/h7-18H,1-6H3/q+1. The van der Waals surface area contributed by atoms with Crippen LogP contribution in [0.2, 0.25) is 0 Å². The third kappa shape index (κ3) is 5.35. The zero-order valence-electron chi connectivity index (χ0n) is 19.0. The summed E-state index contributed by atoms with van der Waals surface area (Å²) >= 11 is 0. The molecule has 0 aromatic heterocycles. The SMILES string of the molecule is CC(C)(C)c1ccc([S+](c2ccc(C(C)(C)C)cc2)c2ccccc2C(F)(F)F)cc1. The van der Waals surface area contributed by atoms with Crippen LogP contribution < -0.4 is 0 Å². The molecule has 0 radical (unpaired) electrons. The van der Waals surface area contributed by atoms with E-state index < -0.39 is 22.6 Å². The maximum absolute atomic E-state index is 13.9. The summed E-state index contributed by atoms with van der Waals surface area (Å²) in [4.78, 5) is 2.07. The predicted octanol–water partition coefficient (Wildman–Crippen LogP) is 8.40. The van der Waals surface area contributed by atoms with Gasteiger partial charge in [-0.1, -0.05) is 77.9 Å². The fourth-order valence-electron chi connectivity index (χ4n) is 3.45. The summed E-state index contributed by atoms with van der Waals surface area (Å²) in [5.74, 6) is 0. The van der Waals surface area contributed by atoms with Gasteiger partial charge in [0.2, 0.25) is 0 Å². The molecule has 0 unspecified atom stereocenters. The van der Waals surface area contributed by atoms with Crippen molar-refractivity contribution >= 4 is 10.9 Å². The molecule has 0 heterocycles. The van der Waals surface area contributed by atoms with Crippen LogP contribution in [0.1, 0.15) is 58.2 Å². The average molecular weight is 444 g/mol. The van der Waals surface area contributed by atoms with Gasteiger partial charge in [-0.15, -0.1) is 0 Å². The lowest BCUT2D eigenvalue weighted by atomic mass is 9.87. The van der Waals surface area contributed by atoms with E-state index in [1.807, 2.05) is 48.5 Å². The second-order valence-corrected chi connectivity index (χ2v) is 11.8. The van der Waals surface area contributed by atoms with Crippen LogP contribution in [0.5, 0.6) is 0 Å². The third-order valence-corrected chi connectivity index (χ3v) is 7.61. The zero-order chi connectivity index (χ0) is 23.0. The molecule has 3 aromatic carbocycles. The Kier molecular flexibility index (Phi) is 6.35. The minimum atomic E-state index is -4.40. The van der Waals surface area contributed by atoms with E-state index in [0.29, 0.717) is 4.90 Å². The highest BCUT2D eigenvalue weighted by molar-refractivity contribution is 7.97. The highest BCUT2D eigenvalue weighted by Gasteiger charge is 2.41. The van der Waals surface area contributed by atoms with Gasteiger partial charge in [0.15, 0.2) is 14.7 Å². The van der Waals surface area contributed by atoms with Crippen molar-refractivity contribution in [2.24, 2.45) is 0 Å². The minimum absolute atomic E-state index is 0.0185. The Bertz CT molecular complexity index is 961. The van der Waals surface area contributed by atoms with Gasteiger partial charge in [-0.3, -0.25) is 0 Å². The molecule has 0 aliphatic carbocycles. The molecule has 0 atom stereocenters. The first-order valence-corrected chi connectivity index (χ1v) is 11.6. The quantitative estimate of drug-likeness (QED) is 0.357. The molecule has 0 bridgehead atoms. The second kappa shape index (κ2) is 8.38. The summed E-state index contributed by atoms with van der Waals surface area (Å²) in [5.41, 5.74) is 1.71. The lowest BCUT2D eigenvalue weighted by Gasteiger charge is -2.20. The van der Waals surface area contributed by atoms with Gasteiger partial charge < -0.3 is 0 Å². The first kappa shape index (κ1) is 23.5. The predicted molar refractivity (Wildman–Crippen MR) is 124 cm³/mol. The van der Waals surface area contributed by atoms with Crippen molar-refractivity contribution in [1.82, 2.24) is 0 Å². The number of halogens is 3. The molecule has 0 N–H and O–H groups in total. The van der Waals surface area contributed by atoms with Gasteiger partial charge in [0.25, 0.3) is 0 Å². The number of hydrogen-bond acceptors (Lipinski definition) is 0. The number of alkyl halides is 3. The van der Waals surface area contributed by atoms with E-state index in [9.17, 15) is 13.2 Å². The van der Waals surface area contributed by atoms with E-state index in [0.717, 1.165) is 20.9 Å². The zero-order valence-corrected chi connectivity index (χ0v) is 19.8. The van der Waals surface area contributed by atoms with Gasteiger partial charge in [-0.25, -0.2) is 0 Å². The maximum atomic E-state index is 13.9. The first-order valence-electron chi connectivity index (χ1n) is 10.4. The largest absolute Gasteiger partial charge is 0.421 e. The van der Waals surface area contributed by atoms with Crippen LogP contribution in [0.25, 0.3) is 0 Å². The molecule has 0 aliphatic heterocycles. The normalized spacial score (nSPS) is 13.0. The van der Waals surface area contributed by atoms with E-state index in [1.54, 1.807) is 12.1 Å². The van der Waals surface area contributed by atoms with E-state index >= 15 is 0 Å². The van der Waals surface area contributed by atoms with Gasteiger partial charge in [0.05, 0.1) is 10.9 Å². The van der Waals surface area contributed by atoms with Gasteiger partial charge in [-0.2, -0.15) is 13.2 Å². The van der Waals surface area contributed by atoms with Gasteiger partial charge in [0.1, 0.15) is 5.56 Å². The molecular formula is C27H30F3S+. The minimum Gasteiger partial charge on any atom is -0.166 e. The van der Waals surface area contributed by atoms with E-state index in [4.69, 9.17) is 0 Å². The van der Waals surface area contributed by atoms with Gasteiger partial charge in [-0.05, 0) is 58.4 Å². The monoisotopic (exact) mass is 443 g/mol. The molecule has 4 heteroatoms. The first-order chi connectivity index (χ1) is 14.3. The summed E-state index contributed by atoms with van der Waals surface area (Å²) in [6.07, 6.45) is -4.40. The summed E-state index contributed by atoms with van der Waals surface area (Å²) in [6, 6.07) is 22.0. The van der Waals surface area contributed by atoms with Crippen molar-refractivity contribution in [3.63, 3.8) is 0 Å². The Hall–Kier alpha value is -2.20. The fraction of sp³-hybridized carbons (Fsp3) is 0.333. The molecule has 0 fully saturated rings. The molecule has 164 valence electrons. The summed E-state index contributed by atoms with van der Waals surface area (Å²) < 4.78 is 41.7. The van der Waals surface area contributed by atoms with Crippen LogP contribution >= 0.6 is 0 Å². The molecule has 0 spiro atoms. The Labute approximate surface area is 186 Å². The van der Waals surface area contributed by atoms with Gasteiger partial charge >= 0.3 is 6.18 Å². The summed E-state index contributed by atoms with van der Waals surface area (Å²) in [7, 11) is -0.863. The second-order valence-electron chi connectivity index (χ2n) is 9.85. The number of rotatable bonds is 3. The van der Waals surface area contributed by atoms with E-state index in [1.165, 1.54) is 12.1 Å². The number of hydrogen-bond donors (Lipinski definition) is 0. The van der Waals surface area contributed by atoms with Crippen LogP contribution in [0.3, 0.4) is 0 Å². The highest BCUT2D eigenvalue weighted by atomic mass is 32.2. The molecule has 31 heavy (non-hydrogen) atoms. The van der Waals surface area contributed by atoms with Crippen molar-refractivity contribution < 1.29 is 13.2 Å². The average Bonchev–Trinajstić information content (AvgIpc) is 2.67. The molecule has 0 amide bonds. The molecular weight excluding hydrogens is 413 g/mol. The van der Waals surface area contributed by atoms with Crippen molar-refractivity contribution in [3.8, 4) is 0 Å². The molecule has 3 aromatic rings. The molecule has 0 saturated heterocycles. The van der Waals surface area contributed by atoms with Crippen molar-refractivity contribution in [3.05, 3.63) is 89.5 Å². The molecule has 0 aliphatic rings. The third-order valence-electron chi connectivity index (χ3n) is 5.32. The van der Waals surface area contributed by atoms with Crippen LogP contribution in [0.4, 0.5) is 13.2 Å². The lowest BCUT2D eigenvalue weighted by molar-refractivity contribution is -0.139. The summed E-state index contributed by atoms with van der Waals surface area (Å²) in [6.45, 7) is 12.8. The molecule has 0 saturated carbocycles.